The third-order valence-corrected chi connectivity index (χ3v) is 15.7. The van der Waals surface area contributed by atoms with Gasteiger partial charge in [0.2, 0.25) is 0 Å². The van der Waals surface area contributed by atoms with E-state index in [4.69, 9.17) is 48.1 Å². The summed E-state index contributed by atoms with van der Waals surface area (Å²) in [6.07, 6.45) is -0.831. The number of benzene rings is 3. The molecule has 1 aromatic heterocycles. The highest BCUT2D eigenvalue weighted by atomic mass is 127. The minimum absolute atomic E-state index is 0.116. The number of hydrogen-bond acceptors (Lipinski definition) is 5. The van der Waals surface area contributed by atoms with Crippen LogP contribution in [0.3, 0.4) is 0 Å². The summed E-state index contributed by atoms with van der Waals surface area (Å²) in [6.45, 7) is 6.67. The van der Waals surface area contributed by atoms with E-state index < -0.39 is 36.9 Å². The molecule has 3 aromatic carbocycles. The van der Waals surface area contributed by atoms with Crippen LogP contribution < -0.4 is 10.4 Å². The first kappa shape index (κ1) is 32.2. The fourth-order valence-corrected chi connectivity index (χ4v) is 12.4. The Hall–Kier alpha value is -1.15. The van der Waals surface area contributed by atoms with Gasteiger partial charge in [-0.25, -0.2) is 0 Å². The lowest BCUT2D eigenvalue weighted by molar-refractivity contribution is -0.0346. The molecule has 12 heteroatoms. The van der Waals surface area contributed by atoms with Crippen LogP contribution in [0.4, 0.5) is 0 Å². The molecule has 5 rings (SSSR count). The van der Waals surface area contributed by atoms with Crippen molar-refractivity contribution < 1.29 is 21.8 Å². The van der Waals surface area contributed by atoms with Crippen LogP contribution in [0.1, 0.15) is 33.4 Å². The van der Waals surface area contributed by atoms with Crippen molar-refractivity contribution in [1.29, 1.82) is 0 Å². The van der Waals surface area contributed by atoms with E-state index in [0.717, 1.165) is 31.1 Å². The van der Waals surface area contributed by atoms with E-state index in [0.29, 0.717) is 15.2 Å². The van der Waals surface area contributed by atoms with Gasteiger partial charge in [0, 0.05) is 11.8 Å². The Morgan fingerprint density at radius 2 is 1.52 bits per heavy atom. The highest BCUT2D eigenvalue weighted by Gasteiger charge is 2.51. The minimum atomic E-state index is -3.80. The van der Waals surface area contributed by atoms with Gasteiger partial charge in [-0.3, -0.25) is 4.18 Å². The molecule has 0 aliphatic carbocycles. The van der Waals surface area contributed by atoms with E-state index in [2.05, 4.69) is 67.6 Å². The molecule has 0 spiro atoms. The second kappa shape index (κ2) is 12.3. The molecule has 2 heterocycles. The standard InChI is InChI=1S/C30H31Cl3INO5SSi/c1-30(2,3)42(19-11-7-5-8-12-19,20-13-9-6-10-14-20)38-18-26-25(40-41(4,36)37)17-27(39-26)35-24-16-23(32)22(31)15-21(24)28(34)29(35)33/h5-16,25-27H,17-18H2,1-4H3/t25-,26+,27+/m0/s1. The molecular weight excluding hydrogens is 748 g/mol. The molecule has 1 fully saturated rings. The number of nitrogens with zero attached hydrogens (tertiary/aromatic N) is 1. The lowest BCUT2D eigenvalue weighted by Crippen LogP contribution is -2.67. The van der Waals surface area contributed by atoms with Crippen molar-refractivity contribution in [2.75, 3.05) is 12.9 Å². The molecule has 0 N–H and O–H groups in total. The first-order valence-electron chi connectivity index (χ1n) is 13.4. The van der Waals surface area contributed by atoms with E-state index >= 15 is 0 Å². The zero-order valence-corrected chi connectivity index (χ0v) is 29.7. The molecule has 1 aliphatic heterocycles. The van der Waals surface area contributed by atoms with E-state index in [9.17, 15) is 8.42 Å². The van der Waals surface area contributed by atoms with Crippen LogP contribution in [0.5, 0.6) is 0 Å². The van der Waals surface area contributed by atoms with Crippen LogP contribution >= 0.6 is 57.4 Å². The van der Waals surface area contributed by atoms with Crippen molar-refractivity contribution in [2.24, 2.45) is 0 Å². The second-order valence-corrected chi connectivity index (χ2v) is 19.6. The maximum absolute atomic E-state index is 12.4. The van der Waals surface area contributed by atoms with Gasteiger partial charge in [0.25, 0.3) is 18.4 Å². The van der Waals surface area contributed by atoms with Gasteiger partial charge in [-0.2, -0.15) is 8.42 Å². The Morgan fingerprint density at radius 1 is 0.976 bits per heavy atom. The van der Waals surface area contributed by atoms with Crippen LogP contribution in [-0.2, 0) is 23.5 Å². The molecule has 0 amide bonds. The van der Waals surface area contributed by atoms with E-state index in [1.807, 2.05) is 41.0 Å². The van der Waals surface area contributed by atoms with Gasteiger partial charge in [0.05, 0.1) is 32.0 Å². The molecule has 0 radical (unpaired) electrons. The van der Waals surface area contributed by atoms with Crippen LogP contribution in [0.15, 0.2) is 72.8 Å². The quantitative estimate of drug-likeness (QED) is 0.106. The number of halogens is 4. The molecule has 1 saturated heterocycles. The molecule has 6 nitrogen and oxygen atoms in total. The van der Waals surface area contributed by atoms with Crippen molar-refractivity contribution in [2.45, 2.75) is 50.7 Å². The topological polar surface area (TPSA) is 66.8 Å². The van der Waals surface area contributed by atoms with Crippen molar-refractivity contribution in [1.82, 2.24) is 4.57 Å². The van der Waals surface area contributed by atoms with Gasteiger partial charge in [-0.05, 0) is 50.1 Å². The number of ether oxygens (including phenoxy) is 1. The van der Waals surface area contributed by atoms with Crippen LogP contribution in [0.25, 0.3) is 10.9 Å². The number of rotatable bonds is 8. The molecule has 0 unspecified atom stereocenters. The average molecular weight is 779 g/mol. The molecule has 42 heavy (non-hydrogen) atoms. The largest absolute Gasteiger partial charge is 0.405 e. The van der Waals surface area contributed by atoms with E-state index in [1.165, 1.54) is 0 Å². The summed E-state index contributed by atoms with van der Waals surface area (Å²) in [7, 11) is -6.72. The molecule has 4 aromatic rings. The SMILES string of the molecule is CC(C)(C)[Si](OC[C@H]1O[C@@H](n2c(Cl)c(I)c3cc(Cl)c(Cl)cc32)C[C@@H]1OS(C)(=O)=O)(c1ccccc1)c1ccccc1. The molecule has 0 saturated carbocycles. The Balaban J connectivity index is 1.56. The maximum atomic E-state index is 12.4. The van der Waals surface area contributed by atoms with Gasteiger partial charge in [-0.15, -0.1) is 0 Å². The summed E-state index contributed by atoms with van der Waals surface area (Å²) in [6, 6.07) is 24.0. The monoisotopic (exact) mass is 777 g/mol. The minimum Gasteiger partial charge on any atom is -0.405 e. The zero-order chi connectivity index (χ0) is 30.4. The predicted octanol–water partition coefficient (Wildman–Crippen LogP) is 7.42. The van der Waals surface area contributed by atoms with Gasteiger partial charge in [0.1, 0.15) is 23.6 Å². The Bertz CT molecular complexity index is 1660. The van der Waals surface area contributed by atoms with E-state index in [1.54, 1.807) is 12.1 Å². The summed E-state index contributed by atoms with van der Waals surface area (Å²) in [5, 5.41) is 4.01. The third-order valence-electron chi connectivity index (χ3n) is 7.58. The highest BCUT2D eigenvalue weighted by molar-refractivity contribution is 14.1. The van der Waals surface area contributed by atoms with Crippen molar-refractivity contribution in [3.05, 3.63) is 91.6 Å². The summed E-state index contributed by atoms with van der Waals surface area (Å²) < 4.78 is 46.6. The molecule has 0 bridgehead atoms. The lowest BCUT2D eigenvalue weighted by Gasteiger charge is -2.43. The number of hydrogen-bond donors (Lipinski definition) is 0. The van der Waals surface area contributed by atoms with Gasteiger partial charge < -0.3 is 13.7 Å². The Labute approximate surface area is 276 Å². The van der Waals surface area contributed by atoms with Crippen LogP contribution in [0, 0.1) is 3.57 Å². The van der Waals surface area contributed by atoms with Gasteiger partial charge in [0.15, 0.2) is 0 Å². The molecule has 3 atom stereocenters. The van der Waals surface area contributed by atoms with Gasteiger partial charge >= 0.3 is 0 Å². The zero-order valence-electron chi connectivity index (χ0n) is 23.5. The first-order valence-corrected chi connectivity index (χ1v) is 19.3. The Morgan fingerprint density at radius 3 is 2.05 bits per heavy atom. The maximum Gasteiger partial charge on any atom is 0.264 e. The molecule has 1 aliphatic rings. The Kier molecular flexibility index (Phi) is 9.46. The van der Waals surface area contributed by atoms with Crippen molar-refractivity contribution in [3.8, 4) is 0 Å². The predicted molar refractivity (Wildman–Crippen MR) is 182 cm³/mol. The fourth-order valence-electron chi connectivity index (χ4n) is 5.82. The lowest BCUT2D eigenvalue weighted by atomic mass is 10.2. The summed E-state index contributed by atoms with van der Waals surface area (Å²) in [4.78, 5) is 0. The molecule has 224 valence electrons. The summed E-state index contributed by atoms with van der Waals surface area (Å²) in [5.74, 6) is 0. The normalized spacial score (nSPS) is 20.0. The second-order valence-electron chi connectivity index (χ2n) is 11.4. The average Bonchev–Trinajstić information content (AvgIpc) is 3.41. The van der Waals surface area contributed by atoms with Gasteiger partial charge in [-0.1, -0.05) is 116 Å². The van der Waals surface area contributed by atoms with E-state index in [-0.39, 0.29) is 18.1 Å². The first-order chi connectivity index (χ1) is 19.7. The molecular formula is C30H31Cl3INO5SSi. The highest BCUT2D eigenvalue weighted by Crippen LogP contribution is 2.43. The number of fused-ring (bicyclic) bond motifs is 1. The van der Waals surface area contributed by atoms with Crippen molar-refractivity contribution in [3.63, 3.8) is 0 Å². The van der Waals surface area contributed by atoms with Crippen LogP contribution in [-0.4, -0.2) is 46.4 Å². The smallest absolute Gasteiger partial charge is 0.264 e. The van der Waals surface area contributed by atoms with Crippen molar-refractivity contribution >= 4 is 97.1 Å². The summed E-state index contributed by atoms with van der Waals surface area (Å²) >= 11 is 21.7. The summed E-state index contributed by atoms with van der Waals surface area (Å²) in [5.41, 5.74) is 0.732. The number of aromatic nitrogens is 1. The third kappa shape index (κ3) is 6.19. The van der Waals surface area contributed by atoms with Crippen LogP contribution in [0.2, 0.25) is 20.2 Å². The fraction of sp³-hybridized carbons (Fsp3) is 0.333.